The van der Waals surface area contributed by atoms with Crippen LogP contribution in [0.5, 0.6) is 0 Å². The molecule has 2 aromatic carbocycles. The molecule has 0 unspecified atom stereocenters. The van der Waals surface area contributed by atoms with Crippen molar-refractivity contribution < 1.29 is 14.4 Å². The van der Waals surface area contributed by atoms with Crippen molar-refractivity contribution in [3.8, 4) is 0 Å². The summed E-state index contributed by atoms with van der Waals surface area (Å²) < 4.78 is 0. The van der Waals surface area contributed by atoms with E-state index in [2.05, 4.69) is 17.2 Å². The lowest BCUT2D eigenvalue weighted by Gasteiger charge is -2.33. The van der Waals surface area contributed by atoms with Crippen molar-refractivity contribution in [3.63, 3.8) is 0 Å². The molecule has 2 aromatic rings. The van der Waals surface area contributed by atoms with E-state index in [4.69, 9.17) is 11.6 Å². The van der Waals surface area contributed by atoms with E-state index in [0.717, 1.165) is 24.0 Å². The van der Waals surface area contributed by atoms with Crippen LogP contribution in [0.15, 0.2) is 78.5 Å². The summed E-state index contributed by atoms with van der Waals surface area (Å²) in [5.74, 6) is -0.483. The van der Waals surface area contributed by atoms with Gasteiger partial charge in [-0.05, 0) is 36.1 Å². The Morgan fingerprint density at radius 3 is 2.50 bits per heavy atom. The molecule has 2 N–H and O–H groups in total. The number of nitrogens with one attached hydrogen (secondary N) is 2. The number of urea groups is 1. The molecule has 0 saturated heterocycles. The Labute approximate surface area is 203 Å². The normalized spacial score (nSPS) is 20.7. The Balaban J connectivity index is 1.55. The molecular weight excluding hydrogens is 452 g/mol. The van der Waals surface area contributed by atoms with Crippen LogP contribution in [-0.4, -0.2) is 46.8 Å². The molecule has 3 aliphatic rings. The number of benzene rings is 2. The zero-order valence-corrected chi connectivity index (χ0v) is 19.3. The summed E-state index contributed by atoms with van der Waals surface area (Å²) in [6.07, 6.45) is 3.51. The molecule has 5 rings (SSSR count). The second-order valence-electron chi connectivity index (χ2n) is 8.72. The number of hydrogen-bond donors (Lipinski definition) is 2. The molecule has 1 aliphatic carbocycles. The summed E-state index contributed by atoms with van der Waals surface area (Å²) in [4.78, 5) is 43.4. The average molecular weight is 477 g/mol. The third-order valence-electron chi connectivity index (χ3n) is 6.36. The predicted octanol–water partition coefficient (Wildman–Crippen LogP) is 3.71. The third-order valence-corrected chi connectivity index (χ3v) is 6.62. The number of nitrogens with zero attached hydrogens (tertiary/aromatic N) is 2. The average Bonchev–Trinajstić information content (AvgIpc) is 3.59. The van der Waals surface area contributed by atoms with Crippen LogP contribution in [0.25, 0.3) is 0 Å². The smallest absolute Gasteiger partial charge is 0.322 e. The number of amides is 4. The van der Waals surface area contributed by atoms with Crippen molar-refractivity contribution in [1.82, 2.24) is 20.4 Å². The van der Waals surface area contributed by atoms with Crippen LogP contribution < -0.4 is 10.6 Å². The van der Waals surface area contributed by atoms with E-state index in [1.54, 1.807) is 35.2 Å². The lowest BCUT2D eigenvalue weighted by molar-refractivity contribution is -0.136. The molecule has 1 saturated carbocycles. The van der Waals surface area contributed by atoms with Gasteiger partial charge in [-0.2, -0.15) is 0 Å². The first-order valence-corrected chi connectivity index (χ1v) is 11.7. The molecule has 174 valence electrons. The van der Waals surface area contributed by atoms with Gasteiger partial charge in [0.25, 0.3) is 5.91 Å². The molecule has 2 aliphatic heterocycles. The van der Waals surface area contributed by atoms with E-state index in [1.165, 1.54) is 4.90 Å². The van der Waals surface area contributed by atoms with Crippen LogP contribution in [0.4, 0.5) is 4.79 Å². The van der Waals surface area contributed by atoms with Crippen LogP contribution in [0.2, 0.25) is 5.02 Å². The Morgan fingerprint density at radius 2 is 1.85 bits per heavy atom. The van der Waals surface area contributed by atoms with Gasteiger partial charge in [0.15, 0.2) is 0 Å². The first-order valence-electron chi connectivity index (χ1n) is 11.3. The summed E-state index contributed by atoms with van der Waals surface area (Å²) in [6.45, 7) is 4.16. The third kappa shape index (κ3) is 4.07. The minimum atomic E-state index is -0.800. The molecule has 0 aromatic heterocycles. The number of halogens is 1. The van der Waals surface area contributed by atoms with Gasteiger partial charge in [-0.25, -0.2) is 4.79 Å². The number of rotatable bonds is 7. The van der Waals surface area contributed by atoms with Crippen LogP contribution in [0.3, 0.4) is 0 Å². The van der Waals surface area contributed by atoms with E-state index < -0.39 is 12.1 Å². The summed E-state index contributed by atoms with van der Waals surface area (Å²) in [5.41, 5.74) is 2.53. The summed E-state index contributed by atoms with van der Waals surface area (Å²) >= 11 is 6.06. The Kier molecular flexibility index (Phi) is 5.87. The first kappa shape index (κ1) is 22.2. The van der Waals surface area contributed by atoms with Crippen molar-refractivity contribution in [2.24, 2.45) is 0 Å². The van der Waals surface area contributed by atoms with Crippen LogP contribution in [0, 0.1) is 0 Å². The van der Waals surface area contributed by atoms with Crippen molar-refractivity contribution in [3.05, 3.63) is 94.7 Å². The molecule has 1 fully saturated rings. The highest BCUT2D eigenvalue weighted by molar-refractivity contribution is 6.30. The molecule has 0 spiro atoms. The maximum Gasteiger partial charge on any atom is 0.322 e. The second kappa shape index (κ2) is 8.99. The number of carbonyl (C=O) groups excluding carboxylic acids is 3. The quantitative estimate of drug-likeness (QED) is 0.598. The van der Waals surface area contributed by atoms with Crippen molar-refractivity contribution in [2.45, 2.75) is 31.0 Å². The second-order valence-corrected chi connectivity index (χ2v) is 9.16. The molecule has 34 heavy (non-hydrogen) atoms. The minimum absolute atomic E-state index is 0.150. The van der Waals surface area contributed by atoms with Crippen molar-refractivity contribution >= 4 is 29.4 Å². The molecule has 2 heterocycles. The molecule has 0 bridgehead atoms. The van der Waals surface area contributed by atoms with Gasteiger partial charge in [0, 0.05) is 17.6 Å². The van der Waals surface area contributed by atoms with Gasteiger partial charge >= 0.3 is 6.03 Å². The van der Waals surface area contributed by atoms with Crippen LogP contribution >= 0.6 is 11.6 Å². The largest absolute Gasteiger partial charge is 0.351 e. The van der Waals surface area contributed by atoms with Gasteiger partial charge in [0.1, 0.15) is 6.04 Å². The van der Waals surface area contributed by atoms with Crippen LogP contribution in [-0.2, 0) is 9.59 Å². The Hall–Kier alpha value is -3.58. The first-order chi connectivity index (χ1) is 16.5. The molecule has 8 heteroatoms. The molecule has 7 nitrogen and oxygen atoms in total. The standard InChI is InChI=1S/C26H25ClN4O3/c1-2-14-30-20-15-31(23(17-6-4-3-5-7-17)24(32)28-19-12-13-19)25(33)21(20)22(29-26(30)34)16-8-10-18(27)11-9-16/h2-11,19,22-23H,1,12-15H2,(H,28,32)(H,29,34)/t22-,23+/m1/s1. The van der Waals surface area contributed by atoms with Gasteiger partial charge in [0.2, 0.25) is 5.91 Å². The van der Waals surface area contributed by atoms with Gasteiger partial charge in [-0.1, -0.05) is 60.1 Å². The van der Waals surface area contributed by atoms with Crippen molar-refractivity contribution in [1.29, 1.82) is 0 Å². The summed E-state index contributed by atoms with van der Waals surface area (Å²) in [7, 11) is 0. The Morgan fingerprint density at radius 1 is 1.15 bits per heavy atom. The Bertz CT molecular complexity index is 1170. The highest BCUT2D eigenvalue weighted by atomic mass is 35.5. The van der Waals surface area contributed by atoms with E-state index in [9.17, 15) is 14.4 Å². The van der Waals surface area contributed by atoms with E-state index in [-0.39, 0.29) is 37.0 Å². The number of hydrogen-bond acceptors (Lipinski definition) is 3. The number of carbonyl (C=O) groups is 3. The molecule has 4 amide bonds. The zero-order chi connectivity index (χ0) is 23.8. The molecule has 2 atom stereocenters. The fraction of sp³-hybridized carbons (Fsp3) is 0.269. The van der Waals surface area contributed by atoms with Gasteiger partial charge < -0.3 is 15.5 Å². The predicted molar refractivity (Wildman–Crippen MR) is 129 cm³/mol. The fourth-order valence-corrected chi connectivity index (χ4v) is 4.69. The topological polar surface area (TPSA) is 81.8 Å². The highest BCUT2D eigenvalue weighted by Crippen LogP contribution is 2.40. The summed E-state index contributed by atoms with van der Waals surface area (Å²) in [6, 6.07) is 14.7. The van der Waals surface area contributed by atoms with Gasteiger partial charge in [-0.15, -0.1) is 6.58 Å². The van der Waals surface area contributed by atoms with Crippen LogP contribution in [0.1, 0.15) is 36.1 Å². The van der Waals surface area contributed by atoms with Gasteiger partial charge in [0.05, 0.1) is 23.9 Å². The lowest BCUT2D eigenvalue weighted by Crippen LogP contribution is -2.47. The van der Waals surface area contributed by atoms with E-state index in [1.807, 2.05) is 30.3 Å². The van der Waals surface area contributed by atoms with Crippen molar-refractivity contribution in [2.75, 3.05) is 13.1 Å². The fourth-order valence-electron chi connectivity index (χ4n) is 4.57. The maximum absolute atomic E-state index is 13.9. The van der Waals surface area contributed by atoms with E-state index >= 15 is 0 Å². The molecule has 0 radical (unpaired) electrons. The summed E-state index contributed by atoms with van der Waals surface area (Å²) in [5, 5.41) is 6.56. The lowest BCUT2D eigenvalue weighted by atomic mass is 9.95. The SMILES string of the molecule is C=CCN1C(=O)N[C@H](c2ccc(Cl)cc2)C2=C1CN([C@H](C(=O)NC1CC1)c1ccccc1)C2=O. The van der Waals surface area contributed by atoms with Gasteiger partial charge in [-0.3, -0.25) is 14.5 Å². The maximum atomic E-state index is 13.9. The minimum Gasteiger partial charge on any atom is -0.351 e. The van der Waals surface area contributed by atoms with E-state index in [0.29, 0.717) is 16.3 Å². The zero-order valence-electron chi connectivity index (χ0n) is 18.5. The highest BCUT2D eigenvalue weighted by Gasteiger charge is 2.47. The molecular formula is C26H25ClN4O3. The monoisotopic (exact) mass is 476 g/mol.